The molecule has 6 heteroatoms. The first-order chi connectivity index (χ1) is 15.5. The molecule has 1 unspecified atom stereocenters. The molecule has 5 rings (SSSR count). The summed E-state index contributed by atoms with van der Waals surface area (Å²) in [5.74, 6) is -1.72. The van der Waals surface area contributed by atoms with Crippen LogP contribution < -0.4 is 4.90 Å². The number of furan rings is 1. The number of pyridine rings is 1. The Balaban J connectivity index is 1.67. The molecular weight excluding hydrogens is 404 g/mol. The third-order valence-corrected chi connectivity index (χ3v) is 5.68. The standard InChI is InChI=1S/C26H20N2O4/c1-15-10-11-19(16(2)13-15)28-23(18-8-5-6-12-27-18)22(25(30)26(28)31)24(29)21-14-17-7-3-4-9-20(17)32-21/h3-14,23,30H,1-2H3. The van der Waals surface area contributed by atoms with Gasteiger partial charge in [-0.3, -0.25) is 19.5 Å². The van der Waals surface area contributed by atoms with E-state index in [1.54, 1.807) is 36.5 Å². The molecular formula is C26H20N2O4. The molecule has 0 spiro atoms. The van der Waals surface area contributed by atoms with E-state index >= 15 is 0 Å². The number of hydrogen-bond donors (Lipinski definition) is 1. The van der Waals surface area contributed by atoms with Crippen molar-refractivity contribution in [1.29, 1.82) is 0 Å². The summed E-state index contributed by atoms with van der Waals surface area (Å²) in [6.07, 6.45) is 1.60. The van der Waals surface area contributed by atoms with Crippen LogP contribution in [0.15, 0.2) is 88.7 Å². The molecule has 3 heterocycles. The van der Waals surface area contributed by atoms with Gasteiger partial charge in [-0.1, -0.05) is 42.0 Å². The largest absolute Gasteiger partial charge is 0.503 e. The molecule has 6 nitrogen and oxygen atoms in total. The highest BCUT2D eigenvalue weighted by molar-refractivity contribution is 6.20. The summed E-state index contributed by atoms with van der Waals surface area (Å²) < 4.78 is 5.75. The maximum Gasteiger partial charge on any atom is 0.294 e. The van der Waals surface area contributed by atoms with Crippen molar-refractivity contribution in [3.63, 3.8) is 0 Å². The van der Waals surface area contributed by atoms with Crippen LogP contribution in [0.3, 0.4) is 0 Å². The number of aromatic nitrogens is 1. The Labute approximate surface area is 184 Å². The molecule has 0 fully saturated rings. The van der Waals surface area contributed by atoms with Crippen molar-refractivity contribution in [1.82, 2.24) is 4.98 Å². The molecule has 2 aromatic carbocycles. The average Bonchev–Trinajstić information content (AvgIpc) is 3.34. The van der Waals surface area contributed by atoms with E-state index in [1.807, 2.05) is 50.2 Å². The van der Waals surface area contributed by atoms with Gasteiger partial charge in [0.15, 0.2) is 11.5 Å². The highest BCUT2D eigenvalue weighted by atomic mass is 16.3. The number of carbonyl (C=O) groups is 2. The average molecular weight is 424 g/mol. The van der Waals surface area contributed by atoms with Gasteiger partial charge in [0, 0.05) is 17.3 Å². The van der Waals surface area contributed by atoms with Gasteiger partial charge in [-0.25, -0.2) is 0 Å². The molecule has 0 bridgehead atoms. The molecule has 1 aliphatic heterocycles. The molecule has 1 N–H and O–H groups in total. The van der Waals surface area contributed by atoms with E-state index in [-0.39, 0.29) is 11.3 Å². The van der Waals surface area contributed by atoms with E-state index in [9.17, 15) is 14.7 Å². The smallest absolute Gasteiger partial charge is 0.294 e. The van der Waals surface area contributed by atoms with Gasteiger partial charge in [-0.05, 0) is 49.7 Å². The van der Waals surface area contributed by atoms with Crippen molar-refractivity contribution in [2.24, 2.45) is 0 Å². The molecule has 1 amide bonds. The molecule has 4 aromatic rings. The van der Waals surface area contributed by atoms with Crippen molar-refractivity contribution < 1.29 is 19.1 Å². The second-order valence-electron chi connectivity index (χ2n) is 7.86. The number of aryl methyl sites for hydroxylation is 2. The van der Waals surface area contributed by atoms with Gasteiger partial charge in [0.2, 0.25) is 5.78 Å². The molecule has 2 aromatic heterocycles. The number of hydrogen-bond acceptors (Lipinski definition) is 5. The monoisotopic (exact) mass is 424 g/mol. The maximum absolute atomic E-state index is 13.6. The molecule has 0 aliphatic carbocycles. The van der Waals surface area contributed by atoms with Gasteiger partial charge in [-0.2, -0.15) is 0 Å². The number of aliphatic hydroxyl groups excluding tert-OH is 1. The van der Waals surface area contributed by atoms with Crippen molar-refractivity contribution in [2.45, 2.75) is 19.9 Å². The van der Waals surface area contributed by atoms with Crippen LogP contribution in [0, 0.1) is 13.8 Å². The number of rotatable bonds is 4. The lowest BCUT2D eigenvalue weighted by Crippen LogP contribution is -2.32. The van der Waals surface area contributed by atoms with E-state index in [2.05, 4.69) is 4.98 Å². The maximum atomic E-state index is 13.6. The number of anilines is 1. The Kier molecular flexibility index (Phi) is 4.63. The number of Topliss-reactive ketones (excluding diaryl/α,β-unsaturated/α-hetero) is 1. The fourth-order valence-electron chi connectivity index (χ4n) is 4.21. The van der Waals surface area contributed by atoms with Gasteiger partial charge >= 0.3 is 0 Å². The van der Waals surface area contributed by atoms with E-state index in [1.165, 1.54) is 4.90 Å². The zero-order chi connectivity index (χ0) is 22.4. The zero-order valence-electron chi connectivity index (χ0n) is 17.6. The van der Waals surface area contributed by atoms with Crippen molar-refractivity contribution in [3.8, 4) is 0 Å². The first kappa shape index (κ1) is 19.8. The fraction of sp³-hybridized carbons (Fsp3) is 0.115. The summed E-state index contributed by atoms with van der Waals surface area (Å²) in [6.45, 7) is 3.85. The third-order valence-electron chi connectivity index (χ3n) is 5.68. The summed E-state index contributed by atoms with van der Waals surface area (Å²) in [6, 6.07) is 18.9. The number of benzene rings is 2. The number of aliphatic hydroxyl groups is 1. The minimum atomic E-state index is -0.884. The predicted octanol–water partition coefficient (Wildman–Crippen LogP) is 5.23. The van der Waals surface area contributed by atoms with Crippen LogP contribution in [0.5, 0.6) is 0 Å². The highest BCUT2D eigenvalue weighted by Crippen LogP contribution is 2.42. The van der Waals surface area contributed by atoms with Crippen molar-refractivity contribution >= 4 is 28.3 Å². The van der Waals surface area contributed by atoms with Crippen LogP contribution in [-0.2, 0) is 4.79 Å². The number of carbonyl (C=O) groups excluding carboxylic acids is 2. The highest BCUT2D eigenvalue weighted by Gasteiger charge is 2.46. The van der Waals surface area contributed by atoms with Crippen LogP contribution in [0.2, 0.25) is 0 Å². The van der Waals surface area contributed by atoms with Crippen LogP contribution >= 0.6 is 0 Å². The first-order valence-electron chi connectivity index (χ1n) is 10.2. The number of nitrogens with zero attached hydrogens (tertiary/aromatic N) is 2. The van der Waals surface area contributed by atoms with E-state index in [4.69, 9.17) is 4.42 Å². The first-order valence-corrected chi connectivity index (χ1v) is 10.2. The van der Waals surface area contributed by atoms with Crippen LogP contribution in [0.4, 0.5) is 5.69 Å². The molecule has 0 saturated heterocycles. The zero-order valence-corrected chi connectivity index (χ0v) is 17.6. The molecule has 32 heavy (non-hydrogen) atoms. The second kappa shape index (κ2) is 7.50. The number of para-hydroxylation sites is 1. The quantitative estimate of drug-likeness (QED) is 0.454. The molecule has 1 atom stereocenters. The molecule has 0 radical (unpaired) electrons. The summed E-state index contributed by atoms with van der Waals surface area (Å²) in [5.41, 5.74) is 3.49. The van der Waals surface area contributed by atoms with Crippen LogP contribution in [0.1, 0.15) is 33.4 Å². The van der Waals surface area contributed by atoms with Gasteiger partial charge in [0.1, 0.15) is 11.6 Å². The Morgan fingerprint density at radius 2 is 1.81 bits per heavy atom. The van der Waals surface area contributed by atoms with Crippen molar-refractivity contribution in [2.75, 3.05) is 4.90 Å². The third kappa shape index (κ3) is 3.08. The minimum absolute atomic E-state index is 0.0484. The Morgan fingerprint density at radius 1 is 1.03 bits per heavy atom. The van der Waals surface area contributed by atoms with E-state index in [0.29, 0.717) is 17.0 Å². The minimum Gasteiger partial charge on any atom is -0.503 e. The number of ketones is 1. The lowest BCUT2D eigenvalue weighted by atomic mass is 9.97. The van der Waals surface area contributed by atoms with E-state index in [0.717, 1.165) is 16.5 Å². The molecule has 158 valence electrons. The summed E-state index contributed by atoms with van der Waals surface area (Å²) in [5, 5.41) is 11.6. The predicted molar refractivity (Wildman–Crippen MR) is 121 cm³/mol. The Bertz CT molecular complexity index is 1370. The van der Waals surface area contributed by atoms with Gasteiger partial charge < -0.3 is 9.52 Å². The van der Waals surface area contributed by atoms with Gasteiger partial charge in [0.25, 0.3) is 5.91 Å². The lowest BCUT2D eigenvalue weighted by Gasteiger charge is -2.27. The van der Waals surface area contributed by atoms with E-state index < -0.39 is 23.5 Å². The molecule has 0 saturated carbocycles. The normalized spacial score (nSPS) is 16.2. The number of fused-ring (bicyclic) bond motifs is 1. The van der Waals surface area contributed by atoms with Gasteiger partial charge in [-0.15, -0.1) is 0 Å². The van der Waals surface area contributed by atoms with Crippen molar-refractivity contribution in [3.05, 3.63) is 107 Å². The molecule has 1 aliphatic rings. The van der Waals surface area contributed by atoms with Crippen LogP contribution in [-0.4, -0.2) is 21.8 Å². The van der Waals surface area contributed by atoms with Gasteiger partial charge in [0.05, 0.1) is 11.3 Å². The number of amides is 1. The topological polar surface area (TPSA) is 83.6 Å². The Hall–Kier alpha value is -4.19. The van der Waals surface area contributed by atoms with Crippen LogP contribution in [0.25, 0.3) is 11.0 Å². The summed E-state index contributed by atoms with van der Waals surface area (Å²) in [4.78, 5) is 32.6. The summed E-state index contributed by atoms with van der Waals surface area (Å²) in [7, 11) is 0. The second-order valence-corrected chi connectivity index (χ2v) is 7.86. The SMILES string of the molecule is Cc1ccc(N2C(=O)C(O)=C(C(=O)c3cc4ccccc4o3)C2c2ccccn2)c(C)c1. The fourth-order valence-corrected chi connectivity index (χ4v) is 4.21. The lowest BCUT2D eigenvalue weighted by molar-refractivity contribution is -0.117. The Morgan fingerprint density at radius 3 is 2.53 bits per heavy atom. The summed E-state index contributed by atoms with van der Waals surface area (Å²) >= 11 is 0.